The fourth-order valence-corrected chi connectivity index (χ4v) is 3.27. The fraction of sp³-hybridized carbons (Fsp3) is 0.632. The van der Waals surface area contributed by atoms with Gasteiger partial charge in [-0.1, -0.05) is 12.1 Å². The minimum absolute atomic E-state index is 0.0188. The first-order chi connectivity index (χ1) is 12.2. The van der Waals surface area contributed by atoms with Crippen molar-refractivity contribution in [3.05, 3.63) is 23.8 Å². The molecular weight excluding hydrogens is 333 g/mol. The lowest BCUT2D eigenvalue weighted by atomic mass is 9.79. The van der Waals surface area contributed by atoms with Crippen LogP contribution in [-0.4, -0.2) is 41.9 Å². The summed E-state index contributed by atoms with van der Waals surface area (Å²) in [5, 5.41) is 22.2. The van der Waals surface area contributed by atoms with Crippen LogP contribution in [0.25, 0.3) is 0 Å². The van der Waals surface area contributed by atoms with Crippen LogP contribution in [0.4, 0.5) is 0 Å². The van der Waals surface area contributed by atoms with E-state index in [1.807, 2.05) is 20.8 Å². The van der Waals surface area contributed by atoms with Crippen LogP contribution in [0.1, 0.15) is 52.0 Å². The van der Waals surface area contributed by atoms with Gasteiger partial charge in [-0.15, -0.1) is 0 Å². The van der Waals surface area contributed by atoms with E-state index < -0.39 is 12.7 Å². The molecule has 7 heteroatoms. The van der Waals surface area contributed by atoms with E-state index in [4.69, 9.17) is 9.47 Å². The van der Waals surface area contributed by atoms with Crippen molar-refractivity contribution in [3.63, 3.8) is 0 Å². The molecular formula is C19H30BNO5. The second kappa shape index (κ2) is 8.89. The van der Waals surface area contributed by atoms with Gasteiger partial charge in [-0.2, -0.15) is 0 Å². The molecule has 2 rings (SSSR count). The van der Waals surface area contributed by atoms with E-state index in [0.29, 0.717) is 23.8 Å². The molecule has 0 radical (unpaired) electrons. The smallest absolute Gasteiger partial charge is 0.488 e. The first kappa shape index (κ1) is 20.7. The minimum atomic E-state index is -1.50. The first-order valence-corrected chi connectivity index (χ1v) is 9.19. The van der Waals surface area contributed by atoms with E-state index in [1.54, 1.807) is 25.3 Å². The van der Waals surface area contributed by atoms with Gasteiger partial charge in [0, 0.05) is 18.2 Å². The highest BCUT2D eigenvalue weighted by Crippen LogP contribution is 2.27. The monoisotopic (exact) mass is 363 g/mol. The second-order valence-electron chi connectivity index (χ2n) is 7.91. The van der Waals surface area contributed by atoms with Gasteiger partial charge in [-0.25, -0.2) is 0 Å². The maximum absolute atomic E-state index is 12.2. The average Bonchev–Trinajstić information content (AvgIpc) is 2.58. The number of rotatable bonds is 6. The van der Waals surface area contributed by atoms with Crippen molar-refractivity contribution >= 4 is 18.6 Å². The van der Waals surface area contributed by atoms with E-state index >= 15 is 0 Å². The van der Waals surface area contributed by atoms with E-state index in [2.05, 4.69) is 5.32 Å². The van der Waals surface area contributed by atoms with E-state index in [9.17, 15) is 14.8 Å². The van der Waals surface area contributed by atoms with Gasteiger partial charge in [-0.05, 0) is 58.0 Å². The van der Waals surface area contributed by atoms with Gasteiger partial charge in [0.25, 0.3) is 0 Å². The second-order valence-corrected chi connectivity index (χ2v) is 7.91. The van der Waals surface area contributed by atoms with Crippen molar-refractivity contribution in [1.82, 2.24) is 5.32 Å². The minimum Gasteiger partial charge on any atom is -0.496 e. The third-order valence-electron chi connectivity index (χ3n) is 4.65. The van der Waals surface area contributed by atoms with E-state index in [-0.39, 0.29) is 11.9 Å². The van der Waals surface area contributed by atoms with E-state index in [0.717, 1.165) is 31.2 Å². The summed E-state index contributed by atoms with van der Waals surface area (Å²) in [4.78, 5) is 12.2. The molecule has 1 saturated carbocycles. The Bertz CT molecular complexity index is 606. The molecule has 3 N–H and O–H groups in total. The van der Waals surface area contributed by atoms with Gasteiger partial charge in [0.05, 0.1) is 13.0 Å². The Kier molecular flexibility index (Phi) is 7.09. The summed E-state index contributed by atoms with van der Waals surface area (Å²) >= 11 is 0. The first-order valence-electron chi connectivity index (χ1n) is 9.19. The van der Waals surface area contributed by atoms with Crippen LogP contribution < -0.4 is 15.5 Å². The number of esters is 1. The number of hydrogen-bond donors (Lipinski definition) is 3. The Hall–Kier alpha value is -1.57. The highest BCUT2D eigenvalue weighted by Gasteiger charge is 2.29. The normalized spacial score (nSPS) is 20.5. The molecule has 1 aromatic carbocycles. The Balaban J connectivity index is 1.87. The van der Waals surface area contributed by atoms with Crippen molar-refractivity contribution in [1.29, 1.82) is 0 Å². The Morgan fingerprint density at radius 2 is 1.88 bits per heavy atom. The number of nitrogens with one attached hydrogen (secondary N) is 1. The zero-order chi connectivity index (χ0) is 19.3. The zero-order valence-electron chi connectivity index (χ0n) is 16.1. The van der Waals surface area contributed by atoms with Crippen LogP contribution in [0.2, 0.25) is 0 Å². The molecule has 144 valence electrons. The summed E-state index contributed by atoms with van der Waals surface area (Å²) in [5.74, 6) is 0.598. The third-order valence-corrected chi connectivity index (χ3v) is 4.65. The maximum atomic E-state index is 12.2. The molecule has 1 fully saturated rings. The van der Waals surface area contributed by atoms with Crippen molar-refractivity contribution in [2.75, 3.05) is 7.11 Å². The molecule has 0 heterocycles. The number of benzene rings is 1. The molecule has 0 atom stereocenters. The van der Waals surface area contributed by atoms with Crippen molar-refractivity contribution in [2.45, 2.75) is 64.6 Å². The van der Waals surface area contributed by atoms with Gasteiger partial charge in [0.1, 0.15) is 11.4 Å². The molecule has 0 spiro atoms. The summed E-state index contributed by atoms with van der Waals surface area (Å²) in [5.41, 5.74) is 0.883. The van der Waals surface area contributed by atoms with Crippen LogP contribution >= 0.6 is 0 Å². The van der Waals surface area contributed by atoms with Crippen molar-refractivity contribution in [2.24, 2.45) is 5.92 Å². The molecule has 0 amide bonds. The molecule has 6 nitrogen and oxygen atoms in total. The number of carbonyl (C=O) groups is 1. The topological polar surface area (TPSA) is 88.0 Å². The standard InChI is InChI=1S/C19H30BNO5/c1-19(2,3)26-18(22)13-5-8-16(9-6-13)21-12-14-11-15(20(23)24)7-10-17(14)25-4/h7,10-11,13,16,21,23-24H,5-6,8-9,12H2,1-4H3. The number of hydrogen-bond acceptors (Lipinski definition) is 6. The number of ether oxygens (including phenoxy) is 2. The maximum Gasteiger partial charge on any atom is 0.488 e. The Morgan fingerprint density at radius 3 is 2.42 bits per heavy atom. The molecule has 26 heavy (non-hydrogen) atoms. The van der Waals surface area contributed by atoms with Crippen LogP contribution in [0.15, 0.2) is 18.2 Å². The average molecular weight is 363 g/mol. The van der Waals surface area contributed by atoms with Gasteiger partial charge >= 0.3 is 13.1 Å². The van der Waals surface area contributed by atoms with Gasteiger partial charge in [0.2, 0.25) is 0 Å². The molecule has 0 unspecified atom stereocenters. The molecule has 0 saturated heterocycles. The predicted octanol–water partition coefficient (Wildman–Crippen LogP) is 1.37. The van der Waals surface area contributed by atoms with Crippen LogP contribution in [-0.2, 0) is 16.1 Å². The summed E-state index contributed by atoms with van der Waals surface area (Å²) in [6.07, 6.45) is 3.46. The highest BCUT2D eigenvalue weighted by molar-refractivity contribution is 6.58. The molecule has 0 bridgehead atoms. The van der Waals surface area contributed by atoms with Crippen LogP contribution in [0.3, 0.4) is 0 Å². The molecule has 0 aromatic heterocycles. The van der Waals surface area contributed by atoms with Crippen molar-refractivity contribution < 1.29 is 24.3 Å². The molecule has 1 aliphatic carbocycles. The van der Waals surface area contributed by atoms with Crippen LogP contribution in [0, 0.1) is 5.92 Å². The fourth-order valence-electron chi connectivity index (χ4n) is 3.27. The SMILES string of the molecule is COc1ccc(B(O)O)cc1CNC1CCC(C(=O)OC(C)(C)C)CC1. The van der Waals surface area contributed by atoms with Gasteiger partial charge in [0.15, 0.2) is 0 Å². The van der Waals surface area contributed by atoms with Crippen LogP contribution in [0.5, 0.6) is 5.75 Å². The van der Waals surface area contributed by atoms with Gasteiger partial charge < -0.3 is 24.8 Å². The largest absolute Gasteiger partial charge is 0.496 e. The zero-order valence-corrected chi connectivity index (χ0v) is 16.1. The molecule has 0 aliphatic heterocycles. The highest BCUT2D eigenvalue weighted by atomic mass is 16.6. The summed E-state index contributed by atoms with van der Waals surface area (Å²) in [7, 11) is 0.101. The summed E-state index contributed by atoms with van der Waals surface area (Å²) in [6, 6.07) is 5.44. The number of methoxy groups -OCH3 is 1. The third kappa shape index (κ3) is 6.00. The lowest BCUT2D eigenvalue weighted by molar-refractivity contribution is -0.161. The lowest BCUT2D eigenvalue weighted by Crippen LogP contribution is -2.37. The van der Waals surface area contributed by atoms with E-state index in [1.165, 1.54) is 0 Å². The lowest BCUT2D eigenvalue weighted by Gasteiger charge is -2.30. The summed E-state index contributed by atoms with van der Waals surface area (Å²) in [6.45, 7) is 6.25. The van der Waals surface area contributed by atoms with Crippen molar-refractivity contribution in [3.8, 4) is 5.75 Å². The Morgan fingerprint density at radius 1 is 1.23 bits per heavy atom. The summed E-state index contributed by atoms with van der Waals surface area (Å²) < 4.78 is 10.8. The molecule has 1 aliphatic rings. The van der Waals surface area contributed by atoms with Gasteiger partial charge in [-0.3, -0.25) is 4.79 Å². The molecule has 1 aromatic rings. The Labute approximate surface area is 156 Å². The quantitative estimate of drug-likeness (QED) is 0.523. The predicted molar refractivity (Wildman–Crippen MR) is 101 cm³/mol. The number of carbonyl (C=O) groups excluding carboxylic acids is 1.